The molecule has 7 rings (SSSR count). The summed E-state index contributed by atoms with van der Waals surface area (Å²) in [6, 6.07) is 14.9. The van der Waals surface area contributed by atoms with Gasteiger partial charge in [-0.15, -0.1) is 0 Å². The summed E-state index contributed by atoms with van der Waals surface area (Å²) < 4.78 is 32.9. The van der Waals surface area contributed by atoms with Crippen molar-refractivity contribution in [1.29, 1.82) is 0 Å². The summed E-state index contributed by atoms with van der Waals surface area (Å²) in [5.74, 6) is -6.16. The van der Waals surface area contributed by atoms with Gasteiger partial charge in [0.1, 0.15) is 24.7 Å². The number of hydrogen-bond donors (Lipinski definition) is 7. The number of aliphatic hydroxyl groups is 1. The first-order chi connectivity index (χ1) is 35.4. The van der Waals surface area contributed by atoms with Gasteiger partial charge in [-0.3, -0.25) is 38.1 Å². The molecule has 1 aliphatic carbocycles. The fourth-order valence-corrected chi connectivity index (χ4v) is 8.99. The Morgan fingerprint density at radius 3 is 2.03 bits per heavy atom. The SMILES string of the molecule is CC(C)[C@H](CO)N(CC(=O)NCc1cccc(Cl)c1F)C(=O)Cn1nc(C(N)=O)c2c(-c3cc(Cl)c(F)c(CNC(=O)CN(C(=O)Cn4nc(C(N)=O)c5cc(NC(=O)NC(C)(C)C)ccc54)C4CC4)c3)cccc21. The minimum Gasteiger partial charge on any atom is -0.394 e. The van der Waals surface area contributed by atoms with E-state index >= 15 is 4.39 Å². The predicted octanol–water partition coefficient (Wildman–Crippen LogP) is 5.23. The molecule has 0 aliphatic heterocycles. The topological polar surface area (TPSA) is 282 Å². The van der Waals surface area contributed by atoms with E-state index in [1.54, 1.807) is 44.2 Å². The third kappa shape index (κ3) is 13.0. The number of halogens is 4. The first kappa shape index (κ1) is 55.1. The van der Waals surface area contributed by atoms with Crippen molar-refractivity contribution in [3.8, 4) is 11.1 Å². The molecule has 4 aromatic carbocycles. The predicted molar refractivity (Wildman–Crippen MR) is 276 cm³/mol. The van der Waals surface area contributed by atoms with Gasteiger partial charge < -0.3 is 47.6 Å². The molecule has 24 heteroatoms. The van der Waals surface area contributed by atoms with E-state index < -0.39 is 90.9 Å². The van der Waals surface area contributed by atoms with Gasteiger partial charge in [-0.1, -0.05) is 61.3 Å². The average Bonchev–Trinajstić information content (AvgIpc) is 4.02. The molecule has 75 heavy (non-hydrogen) atoms. The Hall–Kier alpha value is -7.69. The molecule has 2 heterocycles. The van der Waals surface area contributed by atoms with Crippen LogP contribution in [0.2, 0.25) is 10.0 Å². The van der Waals surface area contributed by atoms with E-state index in [0.717, 1.165) is 0 Å². The van der Waals surface area contributed by atoms with Crippen molar-refractivity contribution in [2.75, 3.05) is 25.0 Å². The molecule has 20 nitrogen and oxygen atoms in total. The Balaban J connectivity index is 1.08. The van der Waals surface area contributed by atoms with Crippen LogP contribution in [0.3, 0.4) is 0 Å². The molecular formula is C51H56Cl2F2N12O8. The number of aromatic nitrogens is 4. The number of anilines is 1. The quantitative estimate of drug-likeness (QED) is 0.0523. The lowest BCUT2D eigenvalue weighted by Gasteiger charge is -2.33. The van der Waals surface area contributed by atoms with Crippen molar-refractivity contribution >= 4 is 92.2 Å². The second kappa shape index (κ2) is 22.8. The minimum absolute atomic E-state index is 0.0576. The number of rotatable bonds is 20. The Morgan fingerprint density at radius 2 is 1.39 bits per heavy atom. The van der Waals surface area contributed by atoms with E-state index in [0.29, 0.717) is 35.0 Å². The molecule has 1 aliphatic rings. The smallest absolute Gasteiger partial charge is 0.319 e. The van der Waals surface area contributed by atoms with E-state index in [1.165, 1.54) is 55.6 Å². The highest BCUT2D eigenvalue weighted by Gasteiger charge is 2.35. The van der Waals surface area contributed by atoms with Crippen LogP contribution in [-0.4, -0.2) is 113 Å². The maximum absolute atomic E-state index is 15.8. The molecule has 1 fully saturated rings. The lowest BCUT2D eigenvalue weighted by Crippen LogP contribution is -2.51. The summed E-state index contributed by atoms with van der Waals surface area (Å²) in [7, 11) is 0. The van der Waals surface area contributed by atoms with E-state index in [1.807, 2.05) is 20.8 Å². The molecule has 0 radical (unpaired) electrons. The van der Waals surface area contributed by atoms with Crippen LogP contribution < -0.4 is 32.7 Å². The first-order valence-corrected chi connectivity index (χ1v) is 24.5. The summed E-state index contributed by atoms with van der Waals surface area (Å²) in [4.78, 5) is 95.4. The number of urea groups is 1. The van der Waals surface area contributed by atoms with Crippen molar-refractivity contribution in [2.45, 2.75) is 91.3 Å². The van der Waals surface area contributed by atoms with Gasteiger partial charge in [0.2, 0.25) is 23.6 Å². The lowest BCUT2D eigenvalue weighted by atomic mass is 9.97. The molecular weight excluding hydrogens is 1020 g/mol. The molecule has 2 aromatic heterocycles. The monoisotopic (exact) mass is 1070 g/mol. The zero-order chi connectivity index (χ0) is 54.6. The zero-order valence-corrected chi connectivity index (χ0v) is 43.1. The van der Waals surface area contributed by atoms with Crippen molar-refractivity contribution < 1.29 is 47.4 Å². The van der Waals surface area contributed by atoms with Crippen molar-refractivity contribution in [1.82, 2.24) is 45.3 Å². The van der Waals surface area contributed by atoms with Crippen LogP contribution in [0.4, 0.5) is 19.3 Å². The summed E-state index contributed by atoms with van der Waals surface area (Å²) in [5.41, 5.74) is 12.2. The number of carbonyl (C=O) groups is 7. The standard InChI is InChI=1S/C51H56Cl2F2N12O8/c1-26(2)38(25-68)65(22-40(70)58-19-27-8-6-10-34(52)44(27)54)42(72)24-67-37-11-7-9-32(43(37)47(63-67)49(57)74)28-16-29(45(55)35(53)17-28)20-59-39(69)21-64(31-13-14-31)41(71)23-66-36-15-12-30(60-50(75)61-51(3,4)5)18-33(36)46(62-66)48(56)73/h6-12,15-18,26,31,38,68H,13-14,19-25H2,1-5H3,(H2,56,73)(H2,57,74)(H,58,70)(H,59,69)(H2,60,61,75)/t38-/m0/s1. The number of fused-ring (bicyclic) bond motifs is 2. The third-order valence-electron chi connectivity index (χ3n) is 12.3. The molecule has 1 saturated carbocycles. The van der Waals surface area contributed by atoms with Gasteiger partial charge in [0, 0.05) is 52.3 Å². The molecule has 1 atom stereocenters. The van der Waals surface area contributed by atoms with Gasteiger partial charge in [0.15, 0.2) is 11.4 Å². The molecule has 396 valence electrons. The van der Waals surface area contributed by atoms with E-state index in [4.69, 9.17) is 34.7 Å². The third-order valence-corrected chi connectivity index (χ3v) is 12.9. The first-order valence-electron chi connectivity index (χ1n) is 23.8. The maximum Gasteiger partial charge on any atom is 0.319 e. The summed E-state index contributed by atoms with van der Waals surface area (Å²) >= 11 is 12.4. The fourth-order valence-electron chi connectivity index (χ4n) is 8.55. The van der Waals surface area contributed by atoms with Crippen LogP contribution in [0.25, 0.3) is 32.9 Å². The second-order valence-corrected chi connectivity index (χ2v) is 20.3. The number of aliphatic hydroxyl groups excluding tert-OH is 1. The number of nitrogens with two attached hydrogens (primary N) is 2. The van der Waals surface area contributed by atoms with E-state index in [2.05, 4.69) is 31.5 Å². The number of nitrogens with one attached hydrogen (secondary N) is 4. The molecule has 8 amide bonds. The van der Waals surface area contributed by atoms with Gasteiger partial charge in [0.25, 0.3) is 11.8 Å². The van der Waals surface area contributed by atoms with E-state index in [-0.39, 0.29) is 80.6 Å². The van der Waals surface area contributed by atoms with Crippen molar-refractivity contribution in [3.05, 3.63) is 111 Å². The van der Waals surface area contributed by atoms with Gasteiger partial charge in [0.05, 0.1) is 46.8 Å². The molecule has 0 spiro atoms. The Labute approximate surface area is 439 Å². The Morgan fingerprint density at radius 1 is 0.773 bits per heavy atom. The number of amides is 8. The number of primary amides is 2. The number of hydrogen-bond acceptors (Lipinski definition) is 10. The summed E-state index contributed by atoms with van der Waals surface area (Å²) in [6.07, 6.45) is 1.25. The highest BCUT2D eigenvalue weighted by atomic mass is 35.5. The second-order valence-electron chi connectivity index (χ2n) is 19.5. The number of benzene rings is 4. The lowest BCUT2D eigenvalue weighted by molar-refractivity contribution is -0.141. The maximum atomic E-state index is 15.8. The highest BCUT2D eigenvalue weighted by molar-refractivity contribution is 6.31. The minimum atomic E-state index is -0.966. The van der Waals surface area contributed by atoms with Crippen LogP contribution >= 0.6 is 23.2 Å². The number of carbonyl (C=O) groups excluding carboxylic acids is 7. The van der Waals surface area contributed by atoms with Gasteiger partial charge in [-0.25, -0.2) is 13.6 Å². The Bertz CT molecular complexity index is 3240. The van der Waals surface area contributed by atoms with Gasteiger partial charge in [-0.2, -0.15) is 10.2 Å². The molecule has 9 N–H and O–H groups in total. The van der Waals surface area contributed by atoms with E-state index in [9.17, 15) is 43.1 Å². The zero-order valence-electron chi connectivity index (χ0n) is 41.6. The molecule has 6 aromatic rings. The molecule has 0 bridgehead atoms. The molecule has 0 saturated heterocycles. The highest BCUT2D eigenvalue weighted by Crippen LogP contribution is 2.35. The summed E-state index contributed by atoms with van der Waals surface area (Å²) in [5, 5.41) is 29.8. The fraction of sp³-hybridized carbons (Fsp3) is 0.353. The van der Waals surface area contributed by atoms with Crippen LogP contribution in [-0.2, 0) is 45.4 Å². The molecule has 0 unspecified atom stereocenters. The van der Waals surface area contributed by atoms with Gasteiger partial charge in [-0.05, 0) is 93.1 Å². The van der Waals surface area contributed by atoms with Crippen LogP contribution in [0.1, 0.15) is 79.6 Å². The van der Waals surface area contributed by atoms with Crippen LogP contribution in [0.15, 0.2) is 66.7 Å². The number of nitrogens with zero attached hydrogens (tertiary/aromatic N) is 6. The largest absolute Gasteiger partial charge is 0.394 e. The summed E-state index contributed by atoms with van der Waals surface area (Å²) in [6.45, 7) is 6.01. The Kier molecular flexibility index (Phi) is 16.8. The van der Waals surface area contributed by atoms with Crippen molar-refractivity contribution in [3.63, 3.8) is 0 Å². The normalized spacial score (nSPS) is 12.9. The average molecular weight is 1070 g/mol. The van der Waals surface area contributed by atoms with Crippen molar-refractivity contribution in [2.24, 2.45) is 17.4 Å². The van der Waals surface area contributed by atoms with Gasteiger partial charge >= 0.3 is 6.03 Å². The van der Waals surface area contributed by atoms with Crippen LogP contribution in [0.5, 0.6) is 0 Å². The van der Waals surface area contributed by atoms with Crippen LogP contribution in [0, 0.1) is 17.6 Å².